The fraction of sp³-hybridized carbons (Fsp3) is 0.676. The summed E-state index contributed by atoms with van der Waals surface area (Å²) in [6.07, 6.45) is 25.0. The highest BCUT2D eigenvalue weighted by atomic mass is 19.1. The number of ether oxygens (including phenoxy) is 4. The van der Waals surface area contributed by atoms with Crippen LogP contribution in [0.25, 0.3) is 0 Å². The average Bonchev–Trinajstić information content (AvgIpc) is 3.37. The van der Waals surface area contributed by atoms with Crippen molar-refractivity contribution < 1.29 is 33.5 Å². The smallest absolute Gasteiger partial charge is 0.154 e. The van der Waals surface area contributed by atoms with Crippen molar-refractivity contribution in [3.8, 4) is 0 Å². The Bertz CT molecular complexity index is 1780. The molecule has 4 nitrogen and oxygen atoms in total. The highest BCUT2D eigenvalue weighted by Crippen LogP contribution is 2.27. The maximum absolute atomic E-state index is 12.6. The summed E-state index contributed by atoms with van der Waals surface area (Å²) in [5, 5.41) is 0. The zero-order valence-corrected chi connectivity index (χ0v) is 51.1. The summed E-state index contributed by atoms with van der Waals surface area (Å²) in [5.74, 6) is 5.03. The third-order valence-corrected chi connectivity index (χ3v) is 14.8. The van der Waals surface area contributed by atoms with Gasteiger partial charge in [-0.3, -0.25) is 0 Å². The molecule has 0 radical (unpaired) electrons. The Hall–Kier alpha value is -3.23. The van der Waals surface area contributed by atoms with Gasteiger partial charge >= 0.3 is 0 Å². The summed E-state index contributed by atoms with van der Waals surface area (Å²) < 4.78 is 58.9. The van der Waals surface area contributed by atoms with Gasteiger partial charge in [0.25, 0.3) is 0 Å². The van der Waals surface area contributed by atoms with Gasteiger partial charge in [0.15, 0.2) is 6.29 Å². The molecule has 3 aliphatic heterocycles. The Labute approximate surface area is 461 Å². The molecule has 3 heterocycles. The van der Waals surface area contributed by atoms with E-state index in [1.165, 1.54) is 126 Å². The van der Waals surface area contributed by atoms with E-state index in [4.69, 9.17) is 18.9 Å². The number of halogens is 3. The molecule has 3 aromatic carbocycles. The largest absolute Gasteiger partial charge is 0.378 e. The first-order chi connectivity index (χ1) is 35.3. The zero-order valence-electron chi connectivity index (χ0n) is 51.1. The molecule has 6 atom stereocenters. The van der Waals surface area contributed by atoms with E-state index < -0.39 is 11.6 Å². The van der Waals surface area contributed by atoms with Crippen LogP contribution in [0.15, 0.2) is 77.9 Å². The van der Waals surface area contributed by atoms with Crippen LogP contribution in [-0.2, 0) is 18.9 Å². The Balaban J connectivity index is 0.000000832. The van der Waals surface area contributed by atoms with Crippen molar-refractivity contribution in [3.63, 3.8) is 0 Å². The molecule has 0 bridgehead atoms. The first-order valence-electron chi connectivity index (χ1n) is 29.3. The minimum Gasteiger partial charge on any atom is -0.378 e. The monoisotopic (exact) mass is 1050 g/mol. The van der Waals surface area contributed by atoms with Crippen molar-refractivity contribution in [2.75, 3.05) is 26.4 Å². The lowest BCUT2D eigenvalue weighted by molar-refractivity contribution is -0.187. The van der Waals surface area contributed by atoms with E-state index in [9.17, 15) is 13.2 Å². The van der Waals surface area contributed by atoms with E-state index in [2.05, 4.69) is 126 Å². The fourth-order valence-corrected chi connectivity index (χ4v) is 8.45. The van der Waals surface area contributed by atoms with Crippen LogP contribution >= 0.6 is 0 Å². The summed E-state index contributed by atoms with van der Waals surface area (Å²) in [6, 6.07) is 16.3. The van der Waals surface area contributed by atoms with E-state index >= 15 is 0 Å². The van der Waals surface area contributed by atoms with Crippen LogP contribution in [0.4, 0.5) is 13.2 Å². The van der Waals surface area contributed by atoms with Gasteiger partial charge in [-0.1, -0.05) is 145 Å². The Morgan fingerprint density at radius 1 is 0.360 bits per heavy atom. The van der Waals surface area contributed by atoms with Gasteiger partial charge in [0.2, 0.25) is 0 Å². The summed E-state index contributed by atoms with van der Waals surface area (Å²) in [7, 11) is 0. The zero-order chi connectivity index (χ0) is 56.5. The quantitative estimate of drug-likeness (QED) is 0.210. The van der Waals surface area contributed by atoms with E-state index in [1.54, 1.807) is 31.1 Å². The van der Waals surface area contributed by atoms with E-state index in [-0.39, 0.29) is 19.1 Å². The lowest BCUT2D eigenvalue weighted by Gasteiger charge is -2.24. The number of hydrogen-bond donors (Lipinski definition) is 0. The van der Waals surface area contributed by atoms with Crippen LogP contribution in [0.1, 0.15) is 208 Å². The maximum atomic E-state index is 12.6. The molecule has 0 amide bonds. The van der Waals surface area contributed by atoms with Crippen LogP contribution in [0.2, 0.25) is 0 Å². The van der Waals surface area contributed by atoms with Crippen LogP contribution < -0.4 is 0 Å². The van der Waals surface area contributed by atoms with Crippen molar-refractivity contribution >= 4 is 0 Å². The molecule has 0 N–H and O–H groups in total. The van der Waals surface area contributed by atoms with E-state index in [1.807, 2.05) is 19.9 Å². The number of hydrogen-bond acceptors (Lipinski definition) is 4. The molecule has 430 valence electrons. The van der Waals surface area contributed by atoms with Crippen molar-refractivity contribution in [1.29, 1.82) is 0 Å². The second kappa shape index (κ2) is 40.0. The molecule has 0 aromatic heterocycles. The van der Waals surface area contributed by atoms with Crippen LogP contribution in [-0.4, -0.2) is 44.9 Å². The first-order valence-corrected chi connectivity index (χ1v) is 29.3. The molecule has 0 spiro atoms. The second-order valence-electron chi connectivity index (χ2n) is 24.0. The summed E-state index contributed by atoms with van der Waals surface area (Å²) >= 11 is 0. The van der Waals surface area contributed by atoms with Gasteiger partial charge < -0.3 is 18.9 Å². The molecule has 1 saturated carbocycles. The van der Waals surface area contributed by atoms with E-state index in [0.717, 1.165) is 67.5 Å². The number of benzene rings is 3. The normalized spacial score (nSPS) is 26.8. The number of allylic oxidation sites excluding steroid dienone is 4. The first kappa shape index (κ1) is 69.8. The molecule has 75 heavy (non-hydrogen) atoms. The molecule has 9 rings (SSSR count). The van der Waals surface area contributed by atoms with Gasteiger partial charge in [0.1, 0.15) is 17.5 Å². The predicted octanol–water partition coefficient (Wildman–Crippen LogP) is 20.6. The molecular formula is C68H113F3O4. The topological polar surface area (TPSA) is 36.9 Å². The summed E-state index contributed by atoms with van der Waals surface area (Å²) in [4.78, 5) is 0. The predicted molar refractivity (Wildman–Crippen MR) is 318 cm³/mol. The van der Waals surface area contributed by atoms with Crippen LogP contribution in [0, 0.1) is 100 Å². The Kier molecular flexibility index (Phi) is 37.2. The van der Waals surface area contributed by atoms with Crippen molar-refractivity contribution in [2.24, 2.45) is 41.4 Å². The second-order valence-corrected chi connectivity index (χ2v) is 24.0. The Morgan fingerprint density at radius 2 is 0.707 bits per heavy atom. The van der Waals surface area contributed by atoms with Gasteiger partial charge in [-0.05, 0) is 211 Å². The summed E-state index contributed by atoms with van der Waals surface area (Å²) in [5.41, 5.74) is 8.21. The van der Waals surface area contributed by atoms with Crippen molar-refractivity contribution in [2.45, 2.75) is 233 Å². The molecular weight excluding hydrogens is 938 g/mol. The molecule has 4 fully saturated rings. The maximum Gasteiger partial charge on any atom is 0.154 e. The number of rotatable bonds is 0. The minimum absolute atomic E-state index is 0. The summed E-state index contributed by atoms with van der Waals surface area (Å²) in [6.45, 7) is 41.2. The molecule has 3 saturated heterocycles. The highest BCUT2D eigenvalue weighted by molar-refractivity contribution is 5.24. The molecule has 6 aliphatic rings. The standard InChI is InChI=1S/C8H8F2.C8H9F.C8H16.2C8H14.C8H10.2C7H14O.C6H12O2.H2/c1-5-3-7(9)6(2)8(10)4-5;1-6-3-4-7(2)8(9)5-6;4*1-7-3-5-8(2)6-4-7;2*1-6-3-4-7(2)8-5-6;1-5-3-7-6(2)8-4-5;/h3-4H,1-2H3;3-5H,1-2H3;7-8H,3-6H2,1-2H3;2*3,8H,4-6H2,1-2H3;3-6H,1-2H3;2*6-7H,3-5H2,1-2H3;5-6H,3-4H2,1-2H3;1H. The van der Waals surface area contributed by atoms with E-state index in [0.29, 0.717) is 29.3 Å². The van der Waals surface area contributed by atoms with Gasteiger partial charge in [0, 0.05) is 26.1 Å². The Morgan fingerprint density at radius 3 is 0.987 bits per heavy atom. The SMILES string of the molecule is CC1=CCC(C)CC1.CC1=CCC(C)CC1.CC1CCC(C)CC1.CC1CCC(C)OC1.CC1CCC(C)OC1.CC1COC(C)OC1.Cc1cc(F)c(C)c(F)c1.Cc1ccc(C)c(F)c1.Cc1ccc(C)cc1.[HH]. The van der Waals surface area contributed by atoms with Gasteiger partial charge in [-0.25, -0.2) is 13.2 Å². The third kappa shape index (κ3) is 36.5. The van der Waals surface area contributed by atoms with Crippen LogP contribution in [0.3, 0.4) is 0 Å². The van der Waals surface area contributed by atoms with Crippen molar-refractivity contribution in [1.82, 2.24) is 0 Å². The molecule has 3 aromatic rings. The van der Waals surface area contributed by atoms with Gasteiger partial charge in [-0.15, -0.1) is 0 Å². The van der Waals surface area contributed by atoms with Crippen molar-refractivity contribution in [3.05, 3.63) is 129 Å². The third-order valence-electron chi connectivity index (χ3n) is 14.8. The minimum atomic E-state index is -0.475. The van der Waals surface area contributed by atoms with Gasteiger partial charge in [0.05, 0.1) is 25.4 Å². The molecule has 7 heteroatoms. The molecule has 6 unspecified atom stereocenters. The van der Waals surface area contributed by atoms with Gasteiger partial charge in [-0.2, -0.15) is 0 Å². The molecule has 3 aliphatic carbocycles. The number of aryl methyl sites for hydroxylation is 5. The van der Waals surface area contributed by atoms with Crippen LogP contribution in [0.5, 0.6) is 0 Å². The fourth-order valence-electron chi connectivity index (χ4n) is 8.45. The highest BCUT2D eigenvalue weighted by Gasteiger charge is 2.16. The lowest BCUT2D eigenvalue weighted by atomic mass is 9.84. The lowest BCUT2D eigenvalue weighted by Crippen LogP contribution is -2.27. The average molecular weight is 1050 g/mol.